The van der Waals surface area contributed by atoms with Crippen LogP contribution in [-0.4, -0.2) is 49.1 Å². The molecule has 1 saturated carbocycles. The Kier molecular flexibility index (Phi) is 5.91. The highest BCUT2D eigenvalue weighted by Gasteiger charge is 2.28. The molecular formula is C26H26N2O4S. The topological polar surface area (TPSA) is 60.2 Å². The van der Waals surface area contributed by atoms with Gasteiger partial charge in [0.05, 0.1) is 35.1 Å². The van der Waals surface area contributed by atoms with E-state index in [1.807, 2.05) is 52.7 Å². The Bertz CT molecular complexity index is 1390. The molecule has 7 heteroatoms. The van der Waals surface area contributed by atoms with Crippen LogP contribution < -0.4 is 10.3 Å². The number of aromatic nitrogens is 1. The summed E-state index contributed by atoms with van der Waals surface area (Å²) in [5.41, 5.74) is 2.44. The highest BCUT2D eigenvalue weighted by Crippen LogP contribution is 2.33. The Balaban J connectivity index is 1.67. The zero-order valence-corrected chi connectivity index (χ0v) is 19.6. The number of carbonyl (C=O) groups excluding carboxylic acids is 1. The van der Waals surface area contributed by atoms with Crippen molar-refractivity contribution in [2.75, 3.05) is 33.9 Å². The van der Waals surface area contributed by atoms with Crippen molar-refractivity contribution >= 4 is 32.8 Å². The Hall–Kier alpha value is -3.16. The lowest BCUT2D eigenvalue weighted by Gasteiger charge is -2.23. The number of carbonyl (C=O) groups is 1. The summed E-state index contributed by atoms with van der Waals surface area (Å²) in [6.07, 6.45) is 4.02. The first kappa shape index (κ1) is 21.7. The number of nitrogens with zero attached hydrogens (tertiary/aromatic N) is 2. The van der Waals surface area contributed by atoms with Crippen LogP contribution in [0.4, 0.5) is 0 Å². The SMILES string of the molecule is COCCN(CC1CC1)C(=O)c1cn2c(=O)c(-c3ccccc3OC)ccc2c2sccc12. The van der Waals surface area contributed by atoms with Crippen LogP contribution in [0.2, 0.25) is 0 Å². The van der Waals surface area contributed by atoms with Crippen molar-refractivity contribution in [3.63, 3.8) is 0 Å². The largest absolute Gasteiger partial charge is 0.496 e. The maximum atomic E-state index is 13.7. The molecule has 33 heavy (non-hydrogen) atoms. The maximum Gasteiger partial charge on any atom is 0.263 e. The normalized spacial score (nSPS) is 13.5. The molecule has 3 aromatic heterocycles. The maximum absolute atomic E-state index is 13.7. The Morgan fingerprint density at radius 1 is 1.12 bits per heavy atom. The van der Waals surface area contributed by atoms with Gasteiger partial charge >= 0.3 is 0 Å². The van der Waals surface area contributed by atoms with Crippen molar-refractivity contribution in [1.29, 1.82) is 0 Å². The number of thiophene rings is 1. The summed E-state index contributed by atoms with van der Waals surface area (Å²) in [4.78, 5) is 29.2. The van der Waals surface area contributed by atoms with Gasteiger partial charge in [-0.2, -0.15) is 0 Å². The first-order valence-corrected chi connectivity index (χ1v) is 12.0. The fraction of sp³-hybridized carbons (Fsp3) is 0.308. The van der Waals surface area contributed by atoms with E-state index in [2.05, 4.69) is 0 Å². The summed E-state index contributed by atoms with van der Waals surface area (Å²) in [5, 5.41) is 2.85. The number of fused-ring (bicyclic) bond motifs is 3. The first-order chi connectivity index (χ1) is 16.1. The van der Waals surface area contributed by atoms with E-state index in [1.54, 1.807) is 36.2 Å². The fourth-order valence-electron chi connectivity index (χ4n) is 4.29. The minimum Gasteiger partial charge on any atom is -0.496 e. The predicted molar refractivity (Wildman–Crippen MR) is 132 cm³/mol. The average Bonchev–Trinajstić information content (AvgIpc) is 3.53. The monoisotopic (exact) mass is 462 g/mol. The Labute approximate surface area is 196 Å². The minimum absolute atomic E-state index is 0.0566. The molecule has 0 bridgehead atoms. The summed E-state index contributed by atoms with van der Waals surface area (Å²) in [6.45, 7) is 1.74. The van der Waals surface area contributed by atoms with Crippen molar-refractivity contribution in [3.05, 3.63) is 70.0 Å². The second kappa shape index (κ2) is 9.00. The van der Waals surface area contributed by atoms with Gasteiger partial charge in [0, 0.05) is 37.3 Å². The van der Waals surface area contributed by atoms with Crippen molar-refractivity contribution in [2.45, 2.75) is 12.8 Å². The third kappa shape index (κ3) is 4.03. The lowest BCUT2D eigenvalue weighted by molar-refractivity contribution is 0.0687. The molecule has 4 aromatic rings. The van der Waals surface area contributed by atoms with Gasteiger partial charge in [-0.05, 0) is 48.4 Å². The smallest absolute Gasteiger partial charge is 0.263 e. The molecule has 0 atom stereocenters. The third-order valence-electron chi connectivity index (χ3n) is 6.22. The molecule has 1 aliphatic carbocycles. The van der Waals surface area contributed by atoms with E-state index in [-0.39, 0.29) is 11.5 Å². The van der Waals surface area contributed by atoms with Crippen LogP contribution in [0.3, 0.4) is 0 Å². The predicted octanol–water partition coefficient (Wildman–Crippen LogP) is 4.69. The van der Waals surface area contributed by atoms with Gasteiger partial charge in [0.1, 0.15) is 5.75 Å². The number of rotatable bonds is 8. The molecule has 0 saturated heterocycles. The molecule has 1 aliphatic rings. The van der Waals surface area contributed by atoms with Crippen molar-refractivity contribution in [2.24, 2.45) is 5.92 Å². The van der Waals surface area contributed by atoms with E-state index in [1.165, 1.54) is 0 Å². The molecule has 1 fully saturated rings. The van der Waals surface area contributed by atoms with Gasteiger partial charge in [0.25, 0.3) is 11.5 Å². The molecule has 0 spiro atoms. The van der Waals surface area contributed by atoms with E-state index >= 15 is 0 Å². The van der Waals surface area contributed by atoms with Crippen LogP contribution in [-0.2, 0) is 4.74 Å². The number of amides is 1. The van der Waals surface area contributed by atoms with Crippen molar-refractivity contribution in [3.8, 4) is 16.9 Å². The molecule has 170 valence electrons. The highest BCUT2D eigenvalue weighted by atomic mass is 32.1. The molecule has 1 aromatic carbocycles. The lowest BCUT2D eigenvalue weighted by Crippen LogP contribution is -2.36. The van der Waals surface area contributed by atoms with Gasteiger partial charge in [-0.15, -0.1) is 11.3 Å². The summed E-state index contributed by atoms with van der Waals surface area (Å²) in [6, 6.07) is 13.2. The van der Waals surface area contributed by atoms with Crippen LogP contribution >= 0.6 is 11.3 Å². The van der Waals surface area contributed by atoms with Crippen LogP contribution in [0.25, 0.3) is 26.7 Å². The summed E-state index contributed by atoms with van der Waals surface area (Å²) < 4.78 is 13.3. The van der Waals surface area contributed by atoms with Crippen molar-refractivity contribution in [1.82, 2.24) is 9.30 Å². The molecule has 0 radical (unpaired) electrons. The van der Waals surface area contributed by atoms with Crippen LogP contribution in [0, 0.1) is 5.92 Å². The van der Waals surface area contributed by atoms with E-state index in [9.17, 15) is 9.59 Å². The molecule has 0 N–H and O–H groups in total. The second-order valence-electron chi connectivity index (χ2n) is 8.40. The number of benzene rings is 1. The van der Waals surface area contributed by atoms with Gasteiger partial charge in [-0.1, -0.05) is 18.2 Å². The zero-order valence-electron chi connectivity index (χ0n) is 18.7. The van der Waals surface area contributed by atoms with E-state index in [4.69, 9.17) is 9.47 Å². The van der Waals surface area contributed by atoms with Gasteiger partial charge in [0.2, 0.25) is 0 Å². The molecular weight excluding hydrogens is 436 g/mol. The number of hydrogen-bond acceptors (Lipinski definition) is 5. The van der Waals surface area contributed by atoms with Gasteiger partial charge in [-0.25, -0.2) is 0 Å². The lowest BCUT2D eigenvalue weighted by atomic mass is 10.0. The molecule has 6 nitrogen and oxygen atoms in total. The van der Waals surface area contributed by atoms with E-state index in [0.717, 1.165) is 40.6 Å². The highest BCUT2D eigenvalue weighted by molar-refractivity contribution is 7.18. The zero-order chi connectivity index (χ0) is 22.9. The third-order valence-corrected chi connectivity index (χ3v) is 7.16. The molecule has 3 heterocycles. The number of hydrogen-bond donors (Lipinski definition) is 0. The van der Waals surface area contributed by atoms with Gasteiger partial charge in [0.15, 0.2) is 0 Å². The fourth-order valence-corrected chi connectivity index (χ4v) is 5.22. The standard InChI is InChI=1S/C26H26N2O4S/c1-31-13-12-27(15-17-7-8-17)25(29)21-16-28-22(24-19(21)11-14-33-24)10-9-20(26(28)30)18-5-3-4-6-23(18)32-2/h3-6,9-11,14,16-17H,7-8,12-13,15H2,1-2H3. The first-order valence-electron chi connectivity index (χ1n) is 11.1. The number of para-hydroxylation sites is 1. The summed E-state index contributed by atoms with van der Waals surface area (Å²) >= 11 is 1.54. The van der Waals surface area contributed by atoms with E-state index < -0.39 is 0 Å². The molecule has 1 amide bonds. The minimum atomic E-state index is -0.174. The second-order valence-corrected chi connectivity index (χ2v) is 9.32. The summed E-state index contributed by atoms with van der Waals surface area (Å²) in [7, 11) is 3.24. The molecule has 5 rings (SSSR count). The number of pyridine rings is 2. The van der Waals surface area contributed by atoms with Crippen LogP contribution in [0.1, 0.15) is 23.2 Å². The van der Waals surface area contributed by atoms with Crippen molar-refractivity contribution < 1.29 is 14.3 Å². The quantitative estimate of drug-likeness (QED) is 0.381. The van der Waals surface area contributed by atoms with E-state index in [0.29, 0.717) is 35.9 Å². The molecule has 0 aliphatic heterocycles. The van der Waals surface area contributed by atoms with Crippen LogP contribution in [0.5, 0.6) is 5.75 Å². The van der Waals surface area contributed by atoms with Crippen LogP contribution in [0.15, 0.2) is 58.8 Å². The van der Waals surface area contributed by atoms with Gasteiger partial charge in [-0.3, -0.25) is 14.0 Å². The number of methoxy groups -OCH3 is 2. The number of ether oxygens (including phenoxy) is 2. The Morgan fingerprint density at radius 2 is 1.94 bits per heavy atom. The Morgan fingerprint density at radius 3 is 2.70 bits per heavy atom. The summed E-state index contributed by atoms with van der Waals surface area (Å²) in [5.74, 6) is 1.14. The van der Waals surface area contributed by atoms with Gasteiger partial charge < -0.3 is 14.4 Å². The molecule has 0 unspecified atom stereocenters. The average molecular weight is 463 g/mol.